The number of halogens is 2. The van der Waals surface area contributed by atoms with E-state index in [1.54, 1.807) is 0 Å². The van der Waals surface area contributed by atoms with Crippen LogP contribution in [0.15, 0.2) is 84.9 Å². The highest BCUT2D eigenvalue weighted by atomic mass is 35.5. The summed E-state index contributed by atoms with van der Waals surface area (Å²) >= 11 is 0. The van der Waals surface area contributed by atoms with Crippen molar-refractivity contribution in [2.75, 3.05) is 65.6 Å². The van der Waals surface area contributed by atoms with Gasteiger partial charge < -0.3 is 53.2 Å². The lowest BCUT2D eigenvalue weighted by molar-refractivity contribution is -0.923. The average molecular weight is 850 g/mol. The molecule has 0 amide bonds. The molecule has 8 nitrogen and oxygen atoms in total. The second kappa shape index (κ2) is 21.1. The van der Waals surface area contributed by atoms with Gasteiger partial charge in [0.05, 0.1) is 88.3 Å². The van der Waals surface area contributed by atoms with Crippen molar-refractivity contribution in [2.24, 2.45) is 0 Å². The number of H-pyrrole nitrogens is 2. The molecule has 0 saturated heterocycles. The van der Waals surface area contributed by atoms with Gasteiger partial charge >= 0.3 is 0 Å². The Morgan fingerprint density at radius 1 is 0.467 bits per heavy atom. The van der Waals surface area contributed by atoms with Crippen molar-refractivity contribution >= 4 is 46.4 Å². The number of nitrogens with zero attached hydrogens (tertiary/aromatic N) is 4. The van der Waals surface area contributed by atoms with E-state index < -0.39 is 0 Å². The molecule has 0 radical (unpaired) electrons. The highest BCUT2D eigenvalue weighted by Crippen LogP contribution is 2.34. The van der Waals surface area contributed by atoms with Gasteiger partial charge in [-0.1, -0.05) is 24.3 Å². The minimum atomic E-state index is 0. The van der Waals surface area contributed by atoms with E-state index in [1.807, 2.05) is 0 Å². The molecule has 2 aliphatic heterocycles. The van der Waals surface area contributed by atoms with Crippen LogP contribution in [0.2, 0.25) is 0 Å². The van der Waals surface area contributed by atoms with Crippen LogP contribution >= 0.6 is 0 Å². The highest BCUT2D eigenvalue weighted by molar-refractivity contribution is 5.94. The highest BCUT2D eigenvalue weighted by Gasteiger charge is 2.21. The number of fused-ring (bicyclic) bond motifs is 8. The Hall–Kier alpha value is -4.86. The SMILES string of the molecule is CC[N+](CC)(CC)CCCOc1ccc(-c2c3nc(cc4ccc([nH]4)c(-c4ccc(OCCC[N+](CC)(CC)CC)cc4)c4ccc(cc5nc2C=C5)[nH]4)C=C3)cc1.[Cl-].[Cl-]. The van der Waals surface area contributed by atoms with Crippen molar-refractivity contribution < 1.29 is 43.3 Å². The maximum Gasteiger partial charge on any atom is 0.119 e. The van der Waals surface area contributed by atoms with E-state index in [2.05, 4.69) is 161 Å². The average Bonchev–Trinajstić information content (AvgIpc) is 4.10. The Balaban J connectivity index is 0.00000341. The molecule has 2 N–H and O–H groups in total. The first-order valence-corrected chi connectivity index (χ1v) is 21.6. The van der Waals surface area contributed by atoms with Gasteiger partial charge in [0.25, 0.3) is 0 Å². The molecule has 2 aromatic carbocycles. The molecule has 0 aliphatic carbocycles. The lowest BCUT2D eigenvalue weighted by Crippen LogP contribution is -3.00. The standard InChI is InChI=1S/C50H62N6O2.2ClH/c1-7-55(8-2,9-3)31-13-33-57-43-23-15-37(16-24-43)49-45-27-19-39(51-45)35-41-21-29-47(53-41)50(48-30-22-42(54-48)36-40-20-28-46(49)52-40)38-17-25-44(26-18-38)58-34-14-32-56(10-4,11-5)12-6;;/h15-30,35-36,51-52H,7-14,31-34H2,1-6H3;2*1H/q+2;;/p-2. The molecule has 5 aromatic rings. The molecule has 2 aliphatic rings. The Morgan fingerprint density at radius 3 is 1.23 bits per heavy atom. The molecule has 0 atom stereocenters. The quantitative estimate of drug-likeness (QED) is 0.0911. The largest absolute Gasteiger partial charge is 1.00 e. The minimum absolute atomic E-state index is 0. The van der Waals surface area contributed by atoms with E-state index in [0.29, 0.717) is 6.61 Å². The van der Waals surface area contributed by atoms with Crippen LogP contribution in [-0.2, 0) is 0 Å². The predicted octanol–water partition coefficient (Wildman–Crippen LogP) is 5.29. The number of hydrogen-bond donors (Lipinski definition) is 2. The summed E-state index contributed by atoms with van der Waals surface area (Å²) in [6.07, 6.45) is 10.4. The first kappa shape index (κ1) is 46.2. The summed E-state index contributed by atoms with van der Waals surface area (Å²) in [5, 5.41) is 0. The third-order valence-corrected chi connectivity index (χ3v) is 12.8. The number of hydrogen-bond acceptors (Lipinski definition) is 4. The third-order valence-electron chi connectivity index (χ3n) is 12.8. The topological polar surface area (TPSA) is 75.8 Å². The number of nitrogens with one attached hydrogen (secondary N) is 2. The van der Waals surface area contributed by atoms with Crippen molar-refractivity contribution in [3.8, 4) is 33.8 Å². The van der Waals surface area contributed by atoms with Gasteiger partial charge in [-0.2, -0.15) is 0 Å². The Labute approximate surface area is 369 Å². The molecule has 10 heteroatoms. The number of ether oxygens (including phenoxy) is 2. The predicted molar refractivity (Wildman–Crippen MR) is 243 cm³/mol. The molecule has 60 heavy (non-hydrogen) atoms. The molecule has 0 saturated carbocycles. The van der Waals surface area contributed by atoms with Gasteiger partial charge in [0.2, 0.25) is 0 Å². The zero-order chi connectivity index (χ0) is 40.5. The van der Waals surface area contributed by atoms with E-state index in [0.717, 1.165) is 159 Å². The van der Waals surface area contributed by atoms with Crippen LogP contribution in [0.25, 0.3) is 68.6 Å². The van der Waals surface area contributed by atoms with Crippen molar-refractivity contribution in [3.63, 3.8) is 0 Å². The number of rotatable bonds is 18. The summed E-state index contributed by atoms with van der Waals surface area (Å²) in [6.45, 7) is 24.4. The molecular formula is C50H62Cl2N6O2. The minimum Gasteiger partial charge on any atom is -1.00 e. The zero-order valence-electron chi connectivity index (χ0n) is 36.2. The maximum absolute atomic E-state index is 6.23. The van der Waals surface area contributed by atoms with Crippen molar-refractivity contribution in [2.45, 2.75) is 54.4 Å². The van der Waals surface area contributed by atoms with E-state index in [4.69, 9.17) is 19.4 Å². The summed E-state index contributed by atoms with van der Waals surface area (Å²) in [5.74, 6) is 1.77. The summed E-state index contributed by atoms with van der Waals surface area (Å²) in [4.78, 5) is 17.6. The first-order chi connectivity index (χ1) is 28.3. The van der Waals surface area contributed by atoms with Crippen molar-refractivity contribution in [1.29, 1.82) is 0 Å². The summed E-state index contributed by atoms with van der Waals surface area (Å²) in [6, 6.07) is 29.6. The number of quaternary nitrogens is 2. The Kier molecular flexibility index (Phi) is 16.2. The number of aromatic nitrogens is 4. The molecule has 8 bridgehead atoms. The van der Waals surface area contributed by atoms with Gasteiger partial charge in [-0.05, 0) is 138 Å². The normalized spacial score (nSPS) is 12.2. The van der Waals surface area contributed by atoms with E-state index in [9.17, 15) is 0 Å². The second-order valence-corrected chi connectivity index (χ2v) is 15.7. The lowest BCUT2D eigenvalue weighted by atomic mass is 10.0. The third kappa shape index (κ3) is 10.5. The molecule has 3 aromatic heterocycles. The van der Waals surface area contributed by atoms with E-state index in [1.165, 1.54) is 0 Å². The molecule has 0 unspecified atom stereocenters. The Morgan fingerprint density at radius 2 is 0.850 bits per heavy atom. The van der Waals surface area contributed by atoms with Crippen LogP contribution in [0.5, 0.6) is 11.5 Å². The second-order valence-electron chi connectivity index (χ2n) is 15.7. The molecule has 5 heterocycles. The first-order valence-electron chi connectivity index (χ1n) is 21.6. The number of aromatic amines is 2. The van der Waals surface area contributed by atoms with Crippen LogP contribution in [0.4, 0.5) is 0 Å². The lowest BCUT2D eigenvalue weighted by Gasteiger charge is -2.35. The van der Waals surface area contributed by atoms with Crippen LogP contribution in [0.3, 0.4) is 0 Å². The molecule has 7 rings (SSSR count). The van der Waals surface area contributed by atoms with Gasteiger partial charge in [-0.15, -0.1) is 0 Å². The van der Waals surface area contributed by atoms with E-state index >= 15 is 0 Å². The maximum atomic E-state index is 6.23. The Bertz CT molecular complexity index is 2280. The molecular weight excluding hydrogens is 787 g/mol. The van der Waals surface area contributed by atoms with Crippen LogP contribution in [-0.4, -0.2) is 94.5 Å². The monoisotopic (exact) mass is 848 g/mol. The van der Waals surface area contributed by atoms with E-state index in [-0.39, 0.29) is 24.8 Å². The fourth-order valence-electron chi connectivity index (χ4n) is 8.59. The summed E-state index contributed by atoms with van der Waals surface area (Å²) < 4.78 is 14.7. The number of benzene rings is 2. The van der Waals surface area contributed by atoms with Gasteiger partial charge in [0.15, 0.2) is 0 Å². The van der Waals surface area contributed by atoms with Crippen LogP contribution < -0.4 is 34.3 Å². The molecule has 0 fully saturated rings. The van der Waals surface area contributed by atoms with Gasteiger partial charge in [0, 0.05) is 46.0 Å². The summed E-state index contributed by atoms with van der Waals surface area (Å²) in [7, 11) is 0. The van der Waals surface area contributed by atoms with Gasteiger partial charge in [-0.25, -0.2) is 9.97 Å². The molecule has 0 spiro atoms. The zero-order valence-corrected chi connectivity index (χ0v) is 37.8. The smallest absolute Gasteiger partial charge is 0.119 e. The van der Waals surface area contributed by atoms with Crippen LogP contribution in [0.1, 0.15) is 77.2 Å². The summed E-state index contributed by atoms with van der Waals surface area (Å²) in [5.41, 5.74) is 11.7. The molecule has 318 valence electrons. The van der Waals surface area contributed by atoms with Crippen LogP contribution in [0, 0.1) is 0 Å². The van der Waals surface area contributed by atoms with Gasteiger partial charge in [-0.3, -0.25) is 0 Å². The fraction of sp³-hybridized carbons (Fsp3) is 0.360. The fourth-order valence-corrected chi connectivity index (χ4v) is 8.59. The van der Waals surface area contributed by atoms with Gasteiger partial charge in [0.1, 0.15) is 11.5 Å². The van der Waals surface area contributed by atoms with Crippen molar-refractivity contribution in [1.82, 2.24) is 19.9 Å². The van der Waals surface area contributed by atoms with Crippen molar-refractivity contribution in [3.05, 3.63) is 108 Å².